The second-order valence-electron chi connectivity index (χ2n) is 3.29. The molecule has 6 N–H and O–H groups in total. The Kier molecular flexibility index (Phi) is 4.41. The minimum Gasteiger partial charge on any atom is -0.394 e. The fraction of sp³-hybridized carbons (Fsp3) is 1.00. The van der Waals surface area contributed by atoms with Crippen molar-refractivity contribution in [3.8, 4) is 0 Å². The van der Waals surface area contributed by atoms with Crippen LogP contribution in [-0.2, 0) is 13.8 Å². The molecule has 10 heteroatoms. The molecular weight excluding hydrogens is 247 g/mol. The maximum atomic E-state index is 10.6. The molecule has 0 radical (unpaired) electrons. The zero-order valence-corrected chi connectivity index (χ0v) is 8.84. The molecule has 0 aromatic rings. The van der Waals surface area contributed by atoms with E-state index >= 15 is 0 Å². The summed E-state index contributed by atoms with van der Waals surface area (Å²) in [5.41, 5.74) is 0. The molecule has 0 amide bonds. The van der Waals surface area contributed by atoms with Gasteiger partial charge in [-0.25, -0.2) is 4.57 Å². The fourth-order valence-electron chi connectivity index (χ4n) is 1.35. The lowest BCUT2D eigenvalue weighted by Crippen LogP contribution is -2.59. The Hall–Kier alpha value is -0.0900. The molecule has 0 aromatic carbocycles. The van der Waals surface area contributed by atoms with Crippen molar-refractivity contribution < 1.29 is 44.0 Å². The van der Waals surface area contributed by atoms with Crippen LogP contribution in [0.15, 0.2) is 0 Å². The highest BCUT2D eigenvalue weighted by Gasteiger charge is 2.47. The lowest BCUT2D eigenvalue weighted by atomic mass is 9.99. The van der Waals surface area contributed by atoms with Gasteiger partial charge >= 0.3 is 7.82 Å². The quantitative estimate of drug-likeness (QED) is 0.289. The summed E-state index contributed by atoms with van der Waals surface area (Å²) in [7, 11) is -4.94. The zero-order chi connectivity index (χ0) is 12.5. The molecule has 0 aliphatic carbocycles. The largest absolute Gasteiger partial charge is 0.470 e. The molecular formula is C6H13O9P. The first-order valence-corrected chi connectivity index (χ1v) is 5.83. The Morgan fingerprint density at radius 3 is 2.19 bits per heavy atom. The maximum Gasteiger partial charge on any atom is 0.470 e. The van der Waals surface area contributed by atoms with E-state index in [0.717, 1.165) is 0 Å². The van der Waals surface area contributed by atoms with Crippen LogP contribution in [0, 0.1) is 0 Å². The highest BCUT2D eigenvalue weighted by atomic mass is 31.2. The van der Waals surface area contributed by atoms with Gasteiger partial charge < -0.3 is 34.9 Å². The average molecular weight is 260 g/mol. The molecule has 5 atom stereocenters. The molecule has 0 saturated carbocycles. The third-order valence-electron chi connectivity index (χ3n) is 2.10. The summed E-state index contributed by atoms with van der Waals surface area (Å²) in [5, 5.41) is 36.6. The number of ether oxygens (including phenoxy) is 1. The van der Waals surface area contributed by atoms with Crippen LogP contribution in [0.5, 0.6) is 0 Å². The van der Waals surface area contributed by atoms with Crippen LogP contribution in [-0.4, -0.2) is 67.5 Å². The minimum atomic E-state index is -4.94. The van der Waals surface area contributed by atoms with Gasteiger partial charge in [-0.1, -0.05) is 0 Å². The summed E-state index contributed by atoms with van der Waals surface area (Å²) in [4.78, 5) is 17.1. The molecule has 1 saturated heterocycles. The van der Waals surface area contributed by atoms with Crippen LogP contribution in [0.4, 0.5) is 0 Å². The summed E-state index contributed by atoms with van der Waals surface area (Å²) in [5.74, 6) is 0. The second-order valence-corrected chi connectivity index (χ2v) is 4.48. The van der Waals surface area contributed by atoms with E-state index in [1.54, 1.807) is 0 Å². The summed E-state index contributed by atoms with van der Waals surface area (Å²) in [6, 6.07) is 0. The van der Waals surface area contributed by atoms with Crippen molar-refractivity contribution in [1.29, 1.82) is 0 Å². The van der Waals surface area contributed by atoms with Gasteiger partial charge in [0.15, 0.2) is 6.29 Å². The van der Waals surface area contributed by atoms with Gasteiger partial charge in [-0.05, 0) is 0 Å². The lowest BCUT2D eigenvalue weighted by Gasteiger charge is -2.39. The highest BCUT2D eigenvalue weighted by molar-refractivity contribution is 7.46. The molecule has 16 heavy (non-hydrogen) atoms. The first kappa shape index (κ1) is 14.0. The number of aliphatic hydroxyl groups excluding tert-OH is 4. The van der Waals surface area contributed by atoms with Crippen molar-refractivity contribution in [2.75, 3.05) is 6.61 Å². The molecule has 1 aliphatic heterocycles. The summed E-state index contributed by atoms with van der Waals surface area (Å²) in [6.07, 6.45) is -8.35. The van der Waals surface area contributed by atoms with Crippen LogP contribution in [0.1, 0.15) is 0 Å². The van der Waals surface area contributed by atoms with E-state index in [0.29, 0.717) is 0 Å². The van der Waals surface area contributed by atoms with Crippen LogP contribution in [0.3, 0.4) is 0 Å². The van der Waals surface area contributed by atoms with Gasteiger partial charge in [0.1, 0.15) is 24.4 Å². The molecule has 0 aromatic heterocycles. The van der Waals surface area contributed by atoms with E-state index in [1.807, 2.05) is 0 Å². The number of hydrogen-bond acceptors (Lipinski definition) is 7. The van der Waals surface area contributed by atoms with Gasteiger partial charge in [0.05, 0.1) is 6.61 Å². The first-order chi connectivity index (χ1) is 7.26. The van der Waals surface area contributed by atoms with Crippen LogP contribution >= 0.6 is 7.82 Å². The molecule has 1 heterocycles. The predicted molar refractivity (Wildman–Crippen MR) is 46.9 cm³/mol. The van der Waals surface area contributed by atoms with Crippen molar-refractivity contribution in [2.45, 2.75) is 30.7 Å². The van der Waals surface area contributed by atoms with Gasteiger partial charge in [0.25, 0.3) is 0 Å². The molecule has 9 nitrogen and oxygen atoms in total. The Morgan fingerprint density at radius 1 is 1.19 bits per heavy atom. The van der Waals surface area contributed by atoms with Gasteiger partial charge in [-0.3, -0.25) is 4.52 Å². The van der Waals surface area contributed by atoms with Gasteiger partial charge in [0, 0.05) is 0 Å². The van der Waals surface area contributed by atoms with E-state index in [4.69, 9.17) is 20.0 Å². The Balaban J connectivity index is 2.81. The van der Waals surface area contributed by atoms with E-state index in [-0.39, 0.29) is 0 Å². The molecule has 1 rings (SSSR count). The zero-order valence-electron chi connectivity index (χ0n) is 7.95. The van der Waals surface area contributed by atoms with Crippen LogP contribution in [0.25, 0.3) is 0 Å². The van der Waals surface area contributed by atoms with Crippen LogP contribution in [0.2, 0.25) is 0 Å². The monoisotopic (exact) mass is 260 g/mol. The Bertz CT molecular complexity index is 277. The lowest BCUT2D eigenvalue weighted by molar-refractivity contribution is -0.283. The predicted octanol–water partition coefficient (Wildman–Crippen LogP) is -3.10. The third-order valence-corrected chi connectivity index (χ3v) is 2.62. The number of hydrogen-bond donors (Lipinski definition) is 6. The summed E-state index contributed by atoms with van der Waals surface area (Å²) >= 11 is 0. The average Bonchev–Trinajstić information content (AvgIpc) is 2.17. The fourth-order valence-corrected chi connectivity index (χ4v) is 1.92. The number of phosphoric acid groups is 1. The van der Waals surface area contributed by atoms with E-state index in [9.17, 15) is 14.8 Å². The number of phosphoric ester groups is 1. The van der Waals surface area contributed by atoms with Crippen molar-refractivity contribution in [3.63, 3.8) is 0 Å². The van der Waals surface area contributed by atoms with E-state index in [2.05, 4.69) is 9.26 Å². The van der Waals surface area contributed by atoms with Gasteiger partial charge in [0.2, 0.25) is 0 Å². The van der Waals surface area contributed by atoms with Crippen molar-refractivity contribution in [2.24, 2.45) is 0 Å². The SMILES string of the molecule is O=P(O)(O)OC1C(O)C(O)OC(CO)C1O. The van der Waals surface area contributed by atoms with Gasteiger partial charge in [-0.2, -0.15) is 0 Å². The summed E-state index contributed by atoms with van der Waals surface area (Å²) in [6.45, 7) is -0.702. The molecule has 0 spiro atoms. The van der Waals surface area contributed by atoms with Crippen molar-refractivity contribution >= 4 is 7.82 Å². The standard InChI is InChI=1S/C6H13O9P/c7-1-2-3(8)5(15-16(11,12)13)4(9)6(10)14-2/h2-10H,1H2,(H2,11,12,13). The smallest absolute Gasteiger partial charge is 0.394 e. The van der Waals surface area contributed by atoms with Gasteiger partial charge in [-0.15, -0.1) is 0 Å². The van der Waals surface area contributed by atoms with Crippen LogP contribution < -0.4 is 0 Å². The third kappa shape index (κ3) is 3.20. The number of rotatable bonds is 3. The normalized spacial score (nSPS) is 41.0. The van der Waals surface area contributed by atoms with E-state index < -0.39 is 45.1 Å². The Labute approximate surface area is 90.1 Å². The maximum absolute atomic E-state index is 10.6. The van der Waals surface area contributed by atoms with E-state index in [1.165, 1.54) is 0 Å². The molecule has 0 bridgehead atoms. The summed E-state index contributed by atoms with van der Waals surface area (Å²) < 4.78 is 19.3. The molecule has 5 unspecified atom stereocenters. The molecule has 96 valence electrons. The molecule has 1 fully saturated rings. The topological polar surface area (TPSA) is 157 Å². The second kappa shape index (κ2) is 5.05. The molecule has 1 aliphatic rings. The minimum absolute atomic E-state index is 0.702. The first-order valence-electron chi connectivity index (χ1n) is 4.30. The number of aliphatic hydroxyl groups is 4. The van der Waals surface area contributed by atoms with Crippen molar-refractivity contribution in [3.05, 3.63) is 0 Å². The Morgan fingerprint density at radius 2 is 1.75 bits per heavy atom. The van der Waals surface area contributed by atoms with Crippen molar-refractivity contribution in [1.82, 2.24) is 0 Å². The highest BCUT2D eigenvalue weighted by Crippen LogP contribution is 2.41.